The molecular formula is C32H41F2N6O8P. The van der Waals surface area contributed by atoms with E-state index >= 15 is 8.78 Å². The summed E-state index contributed by atoms with van der Waals surface area (Å²) in [5, 5.41) is 14.6. The number of carbonyl (C=O) groups is 1. The molecule has 14 nitrogen and oxygen atoms in total. The number of nitrogens with zero attached hydrogens (tertiary/aromatic N) is 4. The minimum Gasteiger partial charge on any atom is -0.476 e. The Morgan fingerprint density at radius 1 is 1.22 bits per heavy atom. The minimum atomic E-state index is -4.71. The number of halogens is 2. The van der Waals surface area contributed by atoms with Crippen LogP contribution in [0.1, 0.15) is 53.7 Å². The van der Waals surface area contributed by atoms with Crippen LogP contribution in [0.3, 0.4) is 0 Å². The van der Waals surface area contributed by atoms with E-state index < -0.39 is 50.7 Å². The summed E-state index contributed by atoms with van der Waals surface area (Å²) in [6, 6.07) is 10.8. The second-order valence-electron chi connectivity index (χ2n) is 12.9. The summed E-state index contributed by atoms with van der Waals surface area (Å²) in [4.78, 5) is 25.3. The van der Waals surface area contributed by atoms with Gasteiger partial charge in [-0.2, -0.15) is 15.1 Å². The van der Waals surface area contributed by atoms with E-state index in [1.807, 2.05) is 20.8 Å². The van der Waals surface area contributed by atoms with Crippen LogP contribution in [0.2, 0.25) is 0 Å². The van der Waals surface area contributed by atoms with Crippen molar-refractivity contribution in [3.63, 3.8) is 0 Å². The number of hydrogen-bond acceptors (Lipinski definition) is 12. The van der Waals surface area contributed by atoms with Crippen molar-refractivity contribution in [3.8, 4) is 11.6 Å². The van der Waals surface area contributed by atoms with Crippen LogP contribution in [0.15, 0.2) is 48.8 Å². The van der Waals surface area contributed by atoms with E-state index in [9.17, 15) is 14.5 Å². The fraction of sp³-hybridized carbons (Fsp3) is 0.500. The number of anilines is 1. The van der Waals surface area contributed by atoms with Gasteiger partial charge < -0.3 is 29.6 Å². The molecule has 0 amide bonds. The Labute approximate surface area is 281 Å². The third-order valence-electron chi connectivity index (χ3n) is 7.56. The molecule has 17 heteroatoms. The SMILES string of the molecule is CCOc1nc(N)nc2c1ncn2[C@H]1CCC(F)[C@H](O)[C@@](F)(COP(=O)(NC(C)C(=O)OCC(C)(C)C)Oc2cccc3ccccc23)O1. The number of alkyl halides is 2. The third-order valence-corrected chi connectivity index (χ3v) is 9.17. The summed E-state index contributed by atoms with van der Waals surface area (Å²) in [5.41, 5.74) is 5.83. The van der Waals surface area contributed by atoms with Gasteiger partial charge in [0.05, 0.1) is 19.5 Å². The third kappa shape index (κ3) is 8.44. The fourth-order valence-corrected chi connectivity index (χ4v) is 6.65. The number of aliphatic hydroxyl groups excluding tert-OH is 1. The van der Waals surface area contributed by atoms with Gasteiger partial charge in [0.2, 0.25) is 11.8 Å². The summed E-state index contributed by atoms with van der Waals surface area (Å²) >= 11 is 0. The molecule has 4 aromatic rings. The molecule has 1 aliphatic heterocycles. The highest BCUT2D eigenvalue weighted by molar-refractivity contribution is 7.52. The van der Waals surface area contributed by atoms with Crippen LogP contribution in [-0.4, -0.2) is 74.6 Å². The molecule has 0 radical (unpaired) electrons. The first-order valence-corrected chi connectivity index (χ1v) is 17.3. The van der Waals surface area contributed by atoms with Crippen LogP contribution < -0.4 is 20.1 Å². The predicted octanol–water partition coefficient (Wildman–Crippen LogP) is 5.41. The van der Waals surface area contributed by atoms with E-state index in [0.717, 1.165) is 5.39 Å². The van der Waals surface area contributed by atoms with Gasteiger partial charge in [0.25, 0.3) is 5.85 Å². The largest absolute Gasteiger partial charge is 0.476 e. The van der Waals surface area contributed by atoms with Gasteiger partial charge in [0, 0.05) is 5.39 Å². The normalized spacial score (nSPS) is 23.5. The highest BCUT2D eigenvalue weighted by Crippen LogP contribution is 2.49. The molecule has 6 atom stereocenters. The maximum Gasteiger partial charge on any atom is 0.459 e. The van der Waals surface area contributed by atoms with Crippen molar-refractivity contribution >= 4 is 41.6 Å². The molecule has 2 aromatic carbocycles. The maximum atomic E-state index is 16.8. The quantitative estimate of drug-likeness (QED) is 0.126. The van der Waals surface area contributed by atoms with Gasteiger partial charge >= 0.3 is 13.7 Å². The number of hydrogen-bond donors (Lipinski definition) is 3. The number of imidazole rings is 1. The smallest absolute Gasteiger partial charge is 0.459 e. The number of rotatable bonds is 12. The van der Waals surface area contributed by atoms with Crippen molar-refractivity contribution in [2.75, 3.05) is 25.6 Å². The molecule has 0 saturated carbocycles. The number of nitrogens with two attached hydrogens (primary N) is 1. The number of carbonyl (C=O) groups excluding carboxylic acids is 1. The molecule has 1 fully saturated rings. The van der Waals surface area contributed by atoms with Crippen LogP contribution in [0.5, 0.6) is 11.6 Å². The van der Waals surface area contributed by atoms with Crippen LogP contribution >= 0.6 is 7.75 Å². The number of ether oxygens (including phenoxy) is 3. The molecular weight excluding hydrogens is 665 g/mol. The Morgan fingerprint density at radius 3 is 2.69 bits per heavy atom. The van der Waals surface area contributed by atoms with E-state index in [4.69, 9.17) is 29.0 Å². The van der Waals surface area contributed by atoms with Crippen LogP contribution in [-0.2, 0) is 23.4 Å². The first-order chi connectivity index (χ1) is 23.1. The lowest BCUT2D eigenvalue weighted by molar-refractivity contribution is -0.260. The lowest BCUT2D eigenvalue weighted by Crippen LogP contribution is -2.49. The summed E-state index contributed by atoms with van der Waals surface area (Å²) in [7, 11) is -4.71. The maximum absolute atomic E-state index is 16.8. The lowest BCUT2D eigenvalue weighted by atomic mass is 9.99. The van der Waals surface area contributed by atoms with Crippen LogP contribution in [0.4, 0.5) is 14.7 Å². The molecule has 2 aromatic heterocycles. The van der Waals surface area contributed by atoms with Gasteiger partial charge in [-0.25, -0.2) is 18.3 Å². The van der Waals surface area contributed by atoms with Crippen molar-refractivity contribution < 1.29 is 46.5 Å². The van der Waals surface area contributed by atoms with Crippen molar-refractivity contribution in [1.29, 1.82) is 0 Å². The molecule has 4 N–H and O–H groups in total. The zero-order chi connectivity index (χ0) is 35.6. The summed E-state index contributed by atoms with van der Waals surface area (Å²) in [6.45, 7) is 7.75. The molecule has 3 unspecified atom stereocenters. The molecule has 0 spiro atoms. The first kappa shape index (κ1) is 36.3. The number of aliphatic hydroxyl groups is 1. The Bertz CT molecular complexity index is 1840. The number of aromatic nitrogens is 4. The average Bonchev–Trinajstić information content (AvgIpc) is 3.43. The highest BCUT2D eigenvalue weighted by atomic mass is 31.2. The number of benzene rings is 2. The van der Waals surface area contributed by atoms with Gasteiger partial charge in [-0.1, -0.05) is 57.2 Å². The fourth-order valence-electron chi connectivity index (χ4n) is 5.12. The zero-order valence-electron chi connectivity index (χ0n) is 27.8. The molecule has 3 heterocycles. The lowest BCUT2D eigenvalue weighted by Gasteiger charge is -2.33. The highest BCUT2D eigenvalue weighted by Gasteiger charge is 2.51. The van der Waals surface area contributed by atoms with E-state index in [2.05, 4.69) is 20.0 Å². The molecule has 266 valence electrons. The Kier molecular flexibility index (Phi) is 10.7. The van der Waals surface area contributed by atoms with Crippen molar-refractivity contribution in [2.45, 2.75) is 77.9 Å². The van der Waals surface area contributed by atoms with Gasteiger partial charge in [-0.15, -0.1) is 0 Å². The number of nitrogens with one attached hydrogen (secondary N) is 1. The summed E-state index contributed by atoms with van der Waals surface area (Å²) < 4.78 is 75.8. The Morgan fingerprint density at radius 2 is 1.96 bits per heavy atom. The van der Waals surface area contributed by atoms with Crippen molar-refractivity contribution in [2.24, 2.45) is 5.41 Å². The van der Waals surface area contributed by atoms with E-state index in [0.29, 0.717) is 5.39 Å². The van der Waals surface area contributed by atoms with Crippen LogP contribution in [0.25, 0.3) is 21.9 Å². The molecule has 0 bridgehead atoms. The van der Waals surface area contributed by atoms with Crippen molar-refractivity contribution in [1.82, 2.24) is 24.6 Å². The van der Waals surface area contributed by atoms with Gasteiger partial charge in [0.15, 0.2) is 11.2 Å². The van der Waals surface area contributed by atoms with Gasteiger partial charge in [-0.05, 0) is 43.6 Å². The monoisotopic (exact) mass is 706 g/mol. The second-order valence-corrected chi connectivity index (χ2v) is 14.6. The Hall–Kier alpha value is -3.95. The van der Waals surface area contributed by atoms with E-state index in [-0.39, 0.29) is 60.2 Å². The molecule has 0 aliphatic carbocycles. The molecule has 49 heavy (non-hydrogen) atoms. The second kappa shape index (κ2) is 14.5. The molecule has 1 saturated heterocycles. The standard InChI is InChI=1S/C32H41F2N6O8P/c1-6-44-28-25-27(37-30(35)38-28)40(18-36-25)24-15-14-22(33)26(41)32(34,47-24)17-46-49(43,39-19(2)29(42)45-16-31(3,4)5)48-23-13-9-11-20-10-7-8-12-21(20)23/h7-13,18-19,22,24,26,41H,6,14-17H2,1-5H3,(H,39,43)(H2,35,37,38)/t19?,22?,24-,26+,32-,49?/m1/s1. The zero-order valence-corrected chi connectivity index (χ0v) is 28.7. The van der Waals surface area contributed by atoms with E-state index in [1.165, 1.54) is 23.9 Å². The topological polar surface area (TPSA) is 182 Å². The van der Waals surface area contributed by atoms with E-state index in [1.54, 1.807) is 43.3 Å². The average molecular weight is 707 g/mol. The molecule has 1 aliphatic rings. The summed E-state index contributed by atoms with van der Waals surface area (Å²) in [6.07, 6.45) is -4.93. The Balaban J connectivity index is 1.45. The number of nitrogen functional groups attached to an aromatic ring is 1. The molecule has 5 rings (SSSR count). The predicted molar refractivity (Wildman–Crippen MR) is 176 cm³/mol. The minimum absolute atomic E-state index is 0.0612. The number of esters is 1. The number of fused-ring (bicyclic) bond motifs is 2. The van der Waals surface area contributed by atoms with Crippen LogP contribution in [0, 0.1) is 5.41 Å². The van der Waals surface area contributed by atoms with Crippen molar-refractivity contribution in [3.05, 3.63) is 48.8 Å². The summed E-state index contributed by atoms with van der Waals surface area (Å²) in [5.74, 6) is -4.04. The van der Waals surface area contributed by atoms with Gasteiger partial charge in [0.1, 0.15) is 36.9 Å². The van der Waals surface area contributed by atoms with Gasteiger partial charge in [-0.3, -0.25) is 13.9 Å². The first-order valence-electron chi connectivity index (χ1n) is 15.8.